The number of hydrogen-bond donors (Lipinski definition) is 1. The minimum Gasteiger partial charge on any atom is -0.497 e. The van der Waals surface area contributed by atoms with Gasteiger partial charge in [-0.15, -0.1) is 0 Å². The van der Waals surface area contributed by atoms with Gasteiger partial charge in [-0.2, -0.15) is 0 Å². The Morgan fingerprint density at radius 1 is 0.907 bits per heavy atom. The molecule has 0 saturated heterocycles. The molecule has 0 spiro atoms. The van der Waals surface area contributed by atoms with E-state index in [1.807, 2.05) is 66.7 Å². The summed E-state index contributed by atoms with van der Waals surface area (Å²) in [5.74, 6) is -1.14. The van der Waals surface area contributed by atoms with Crippen LogP contribution in [0.1, 0.15) is 28.2 Å². The number of Topliss-reactive ketones (excluding diaryl/α,β-unsaturated/α-hetero) is 1. The number of nitrogens with zero attached hydrogens (tertiary/aromatic N) is 1. The summed E-state index contributed by atoms with van der Waals surface area (Å²) in [6, 6.07) is 24.0. The number of ketones is 1. The van der Waals surface area contributed by atoms with Crippen molar-refractivity contribution in [2.24, 2.45) is 5.92 Å². The summed E-state index contributed by atoms with van der Waals surface area (Å²) in [7, 11) is 5.97. The summed E-state index contributed by atoms with van der Waals surface area (Å²) in [6.07, 6.45) is 3.42. The van der Waals surface area contributed by atoms with Gasteiger partial charge < -0.3 is 23.7 Å². The number of carbonyl (C=O) groups excluding carboxylic acids is 2. The van der Waals surface area contributed by atoms with E-state index in [0.29, 0.717) is 34.1 Å². The molecule has 1 aromatic heterocycles. The van der Waals surface area contributed by atoms with Crippen molar-refractivity contribution in [2.75, 3.05) is 28.4 Å². The highest BCUT2D eigenvalue weighted by molar-refractivity contribution is 6.10. The highest BCUT2D eigenvalue weighted by Gasteiger charge is 2.78. The lowest BCUT2D eigenvalue weighted by atomic mass is 9.68. The molecule has 1 aliphatic heterocycles. The molecule has 9 heteroatoms. The van der Waals surface area contributed by atoms with Gasteiger partial charge in [0.25, 0.3) is 0 Å². The van der Waals surface area contributed by atoms with E-state index in [1.165, 1.54) is 14.2 Å². The molecule has 4 atom stereocenters. The summed E-state index contributed by atoms with van der Waals surface area (Å²) in [5.41, 5.74) is -0.353. The van der Waals surface area contributed by atoms with Gasteiger partial charge in [0, 0.05) is 31.1 Å². The maximum absolute atomic E-state index is 15.2. The van der Waals surface area contributed by atoms with E-state index < -0.39 is 34.7 Å². The summed E-state index contributed by atoms with van der Waals surface area (Å²) < 4.78 is 29.4. The molecule has 0 radical (unpaired) electrons. The van der Waals surface area contributed by atoms with Gasteiger partial charge in [-0.25, -0.2) is 0 Å². The third-order valence-electron chi connectivity index (χ3n) is 8.53. The molecular formula is C34H32N2O7. The number of nitrogens with one attached hydrogen (secondary N) is 1. The Hall–Kier alpha value is -4.89. The second-order valence-corrected chi connectivity index (χ2v) is 10.5. The van der Waals surface area contributed by atoms with Gasteiger partial charge in [0.15, 0.2) is 16.9 Å². The minimum atomic E-state index is -1.61. The number of carbonyl (C=O) groups is 2. The first kappa shape index (κ1) is 28.2. The van der Waals surface area contributed by atoms with Crippen LogP contribution in [-0.4, -0.2) is 45.2 Å². The van der Waals surface area contributed by atoms with E-state index in [4.69, 9.17) is 23.7 Å². The fourth-order valence-electron chi connectivity index (χ4n) is 6.75. The van der Waals surface area contributed by atoms with E-state index in [2.05, 4.69) is 10.3 Å². The molecular weight excluding hydrogens is 548 g/mol. The zero-order valence-corrected chi connectivity index (χ0v) is 24.3. The van der Waals surface area contributed by atoms with Crippen LogP contribution in [0, 0.1) is 5.92 Å². The quantitative estimate of drug-likeness (QED) is 0.226. The molecule has 3 aromatic carbocycles. The molecule has 2 aliphatic rings. The predicted molar refractivity (Wildman–Crippen MR) is 157 cm³/mol. The average Bonchev–Trinajstić information content (AvgIpc) is 3.48. The number of methoxy groups -OCH3 is 4. The van der Waals surface area contributed by atoms with Crippen LogP contribution in [0.2, 0.25) is 0 Å². The lowest BCUT2D eigenvalue weighted by molar-refractivity contribution is -0.149. The molecule has 0 bridgehead atoms. The lowest BCUT2D eigenvalue weighted by Gasteiger charge is -2.42. The zero-order valence-electron chi connectivity index (χ0n) is 24.3. The van der Waals surface area contributed by atoms with Crippen molar-refractivity contribution in [1.82, 2.24) is 10.3 Å². The average molecular weight is 581 g/mol. The van der Waals surface area contributed by atoms with Gasteiger partial charge in [0.2, 0.25) is 0 Å². The van der Waals surface area contributed by atoms with E-state index >= 15 is 4.79 Å². The second-order valence-electron chi connectivity index (χ2n) is 10.5. The van der Waals surface area contributed by atoms with Crippen LogP contribution in [-0.2, 0) is 32.0 Å². The molecule has 220 valence electrons. The van der Waals surface area contributed by atoms with Crippen LogP contribution in [0.3, 0.4) is 0 Å². The Morgan fingerprint density at radius 3 is 2.28 bits per heavy atom. The summed E-state index contributed by atoms with van der Waals surface area (Å²) >= 11 is 0. The van der Waals surface area contributed by atoms with Crippen molar-refractivity contribution >= 4 is 11.8 Å². The van der Waals surface area contributed by atoms with Crippen molar-refractivity contribution in [2.45, 2.75) is 23.6 Å². The molecule has 1 N–H and O–H groups in total. The molecule has 1 aliphatic carbocycles. The standard InChI is InChI=1S/C34H32N2O7/c1-39-24-14-12-23(13-15-24)34-29(22-10-6-5-7-11-22)28(32(38)42-4)31(37)33(34,36-20-21-9-8-16-35-19-21)30-26(41-3)17-25(40-2)18-27(30)43-34/h5-19,28-29,36H,20H2,1-4H3/t28-,29-,33+,34+/m1/s1. The minimum absolute atomic E-state index is 0.241. The normalized spacial score (nSPS) is 23.6. The Labute approximate surface area is 249 Å². The molecule has 0 amide bonds. The van der Waals surface area contributed by atoms with Crippen molar-refractivity contribution in [3.63, 3.8) is 0 Å². The third-order valence-corrected chi connectivity index (χ3v) is 8.53. The van der Waals surface area contributed by atoms with E-state index in [1.54, 1.807) is 38.7 Å². The van der Waals surface area contributed by atoms with E-state index in [9.17, 15) is 4.79 Å². The molecule has 6 rings (SSSR count). The molecule has 4 aromatic rings. The number of benzene rings is 3. The third kappa shape index (κ3) is 4.14. The smallest absolute Gasteiger partial charge is 0.317 e. The zero-order chi connectivity index (χ0) is 30.2. The Bertz CT molecular complexity index is 1650. The van der Waals surface area contributed by atoms with E-state index in [0.717, 1.165) is 11.1 Å². The monoisotopic (exact) mass is 580 g/mol. The van der Waals surface area contributed by atoms with Crippen LogP contribution in [0.4, 0.5) is 0 Å². The number of ether oxygens (including phenoxy) is 5. The predicted octanol–water partition coefficient (Wildman–Crippen LogP) is 4.54. The fraction of sp³-hybridized carbons (Fsp3) is 0.265. The number of hydrogen-bond acceptors (Lipinski definition) is 9. The SMILES string of the molecule is COC(=O)[C@H]1C(=O)[C@@]2(NCc3cccnc3)c3c(OC)cc(OC)cc3O[C@@]2(c2ccc(OC)cc2)[C@@H]1c1ccccc1. The number of esters is 1. The number of fused-ring (bicyclic) bond motifs is 3. The van der Waals surface area contributed by atoms with Crippen LogP contribution in [0.15, 0.2) is 91.3 Å². The van der Waals surface area contributed by atoms with Gasteiger partial charge in [-0.1, -0.05) is 48.5 Å². The Morgan fingerprint density at radius 2 is 1.65 bits per heavy atom. The van der Waals surface area contributed by atoms with Crippen LogP contribution in [0.5, 0.6) is 23.0 Å². The van der Waals surface area contributed by atoms with Crippen molar-refractivity contribution < 1.29 is 33.3 Å². The summed E-state index contributed by atoms with van der Waals surface area (Å²) in [6.45, 7) is 0.241. The highest BCUT2D eigenvalue weighted by atomic mass is 16.5. The van der Waals surface area contributed by atoms with Crippen LogP contribution in [0.25, 0.3) is 0 Å². The molecule has 43 heavy (non-hydrogen) atoms. The largest absolute Gasteiger partial charge is 0.497 e. The van der Waals surface area contributed by atoms with Gasteiger partial charge >= 0.3 is 5.97 Å². The van der Waals surface area contributed by atoms with Crippen molar-refractivity contribution in [1.29, 1.82) is 0 Å². The first-order valence-electron chi connectivity index (χ1n) is 13.9. The highest BCUT2D eigenvalue weighted by Crippen LogP contribution is 2.69. The maximum Gasteiger partial charge on any atom is 0.317 e. The number of aromatic nitrogens is 1. The van der Waals surface area contributed by atoms with Crippen molar-refractivity contribution in [3.05, 3.63) is 114 Å². The number of pyridine rings is 1. The van der Waals surface area contributed by atoms with E-state index in [-0.39, 0.29) is 6.54 Å². The van der Waals surface area contributed by atoms with Gasteiger partial charge in [-0.3, -0.25) is 19.9 Å². The Balaban J connectivity index is 1.73. The fourth-order valence-corrected chi connectivity index (χ4v) is 6.75. The maximum atomic E-state index is 15.2. The number of rotatable bonds is 9. The summed E-state index contributed by atoms with van der Waals surface area (Å²) in [4.78, 5) is 33.2. The summed E-state index contributed by atoms with van der Waals surface area (Å²) in [5, 5.41) is 3.59. The lowest BCUT2D eigenvalue weighted by Crippen LogP contribution is -2.59. The van der Waals surface area contributed by atoms with Crippen LogP contribution >= 0.6 is 0 Å². The van der Waals surface area contributed by atoms with Crippen LogP contribution < -0.4 is 24.3 Å². The first-order chi connectivity index (χ1) is 20.9. The van der Waals surface area contributed by atoms with Gasteiger partial charge in [-0.05, 0) is 34.9 Å². The van der Waals surface area contributed by atoms with Gasteiger partial charge in [0.05, 0.1) is 39.9 Å². The van der Waals surface area contributed by atoms with Gasteiger partial charge in [0.1, 0.15) is 28.9 Å². The first-order valence-corrected chi connectivity index (χ1v) is 13.9. The van der Waals surface area contributed by atoms with Crippen molar-refractivity contribution in [3.8, 4) is 23.0 Å². The molecule has 1 saturated carbocycles. The Kier molecular flexibility index (Phi) is 7.27. The molecule has 9 nitrogen and oxygen atoms in total. The second kappa shape index (κ2) is 11.1. The molecule has 0 unspecified atom stereocenters. The topological polar surface area (TPSA) is 105 Å². The molecule has 1 fully saturated rings. The molecule has 2 heterocycles.